The van der Waals surface area contributed by atoms with Gasteiger partial charge in [-0.3, -0.25) is 24.5 Å². The average Bonchev–Trinajstić information content (AvgIpc) is 2.44. The molecule has 1 atom stereocenters. The molecule has 0 radical (unpaired) electrons. The van der Waals surface area contributed by atoms with Crippen molar-refractivity contribution in [3.05, 3.63) is 46.0 Å². The van der Waals surface area contributed by atoms with Crippen LogP contribution >= 0.6 is 0 Å². The van der Waals surface area contributed by atoms with Gasteiger partial charge >= 0.3 is 5.97 Å². The molecular formula is C14H10N2O6. The van der Waals surface area contributed by atoms with E-state index < -0.39 is 28.5 Å². The lowest BCUT2D eigenvalue weighted by Crippen LogP contribution is -2.21. The van der Waals surface area contributed by atoms with Crippen LogP contribution in [-0.2, 0) is 14.4 Å². The molecule has 0 aliphatic carbocycles. The third-order valence-electron chi connectivity index (χ3n) is 2.43. The molecule has 22 heavy (non-hydrogen) atoms. The summed E-state index contributed by atoms with van der Waals surface area (Å²) in [4.78, 5) is 43.4. The molecule has 0 saturated carbocycles. The Kier molecular flexibility index (Phi) is 5.54. The molecule has 0 aliphatic heterocycles. The molecule has 0 fully saturated rings. The summed E-state index contributed by atoms with van der Waals surface area (Å²) in [5, 5.41) is 19.7. The number of para-hydroxylation sites is 1. The van der Waals surface area contributed by atoms with Crippen molar-refractivity contribution in [1.29, 1.82) is 0 Å². The molecule has 1 unspecified atom stereocenters. The summed E-state index contributed by atoms with van der Waals surface area (Å²) in [5.41, 5.74) is 4.65. The second-order valence-corrected chi connectivity index (χ2v) is 3.96. The Morgan fingerprint density at radius 1 is 1.32 bits per heavy atom. The van der Waals surface area contributed by atoms with Crippen LogP contribution in [0.3, 0.4) is 0 Å². The Morgan fingerprint density at radius 2 is 1.95 bits per heavy atom. The van der Waals surface area contributed by atoms with E-state index in [4.69, 9.17) is 10.8 Å². The number of ketones is 1. The summed E-state index contributed by atoms with van der Waals surface area (Å²) in [6.07, 6.45) is 1.97. The number of amides is 1. The second kappa shape index (κ2) is 7.35. The van der Waals surface area contributed by atoms with E-state index in [1.54, 1.807) is 5.92 Å². The predicted octanol–water partition coefficient (Wildman–Crippen LogP) is 0.367. The first kappa shape index (κ1) is 16.6. The lowest BCUT2D eigenvalue weighted by molar-refractivity contribution is -0.385. The summed E-state index contributed by atoms with van der Waals surface area (Å²) in [6.45, 7) is 0. The summed E-state index contributed by atoms with van der Waals surface area (Å²) in [7, 11) is 0. The fourth-order valence-electron chi connectivity index (χ4n) is 1.46. The Bertz CT molecular complexity index is 726. The minimum atomic E-state index is -1.77. The molecule has 0 bridgehead atoms. The van der Waals surface area contributed by atoms with Gasteiger partial charge in [0.25, 0.3) is 11.6 Å². The van der Waals surface area contributed by atoms with E-state index in [-0.39, 0.29) is 11.3 Å². The average molecular weight is 302 g/mol. The largest absolute Gasteiger partial charge is 0.480 e. The fourth-order valence-corrected chi connectivity index (χ4v) is 1.46. The number of hydrogen-bond acceptors (Lipinski definition) is 5. The highest BCUT2D eigenvalue weighted by Gasteiger charge is 2.22. The van der Waals surface area contributed by atoms with Crippen LogP contribution in [0.2, 0.25) is 0 Å². The highest BCUT2D eigenvalue weighted by Crippen LogP contribution is 2.19. The van der Waals surface area contributed by atoms with Crippen LogP contribution in [-0.4, -0.2) is 27.7 Å². The predicted molar refractivity (Wildman–Crippen MR) is 75.2 cm³/mol. The van der Waals surface area contributed by atoms with E-state index in [2.05, 4.69) is 0 Å². The normalized spacial score (nSPS) is 11.3. The molecule has 8 nitrogen and oxygen atoms in total. The van der Waals surface area contributed by atoms with Gasteiger partial charge in [0, 0.05) is 6.07 Å². The van der Waals surface area contributed by atoms with Crippen molar-refractivity contribution in [3.8, 4) is 11.8 Å². The monoisotopic (exact) mass is 302 g/mol. The van der Waals surface area contributed by atoms with Crippen LogP contribution in [0.15, 0.2) is 30.3 Å². The maximum atomic E-state index is 11.8. The van der Waals surface area contributed by atoms with Crippen molar-refractivity contribution in [2.45, 2.75) is 0 Å². The van der Waals surface area contributed by atoms with Gasteiger partial charge in [-0.15, -0.1) is 0 Å². The van der Waals surface area contributed by atoms with E-state index >= 15 is 0 Å². The van der Waals surface area contributed by atoms with E-state index in [1.807, 2.05) is 5.92 Å². The van der Waals surface area contributed by atoms with Gasteiger partial charge in [0.05, 0.1) is 10.5 Å². The Labute approximate surface area is 124 Å². The van der Waals surface area contributed by atoms with Crippen molar-refractivity contribution in [2.75, 3.05) is 0 Å². The molecule has 1 aromatic rings. The number of primary amides is 1. The number of nitro groups is 1. The molecule has 0 saturated heterocycles. The van der Waals surface area contributed by atoms with Gasteiger partial charge in [0.15, 0.2) is 11.7 Å². The Hall–Kier alpha value is -3.47. The molecule has 0 aromatic heterocycles. The number of benzene rings is 1. The van der Waals surface area contributed by atoms with Crippen LogP contribution < -0.4 is 5.73 Å². The van der Waals surface area contributed by atoms with Crippen molar-refractivity contribution < 1.29 is 24.4 Å². The van der Waals surface area contributed by atoms with E-state index in [9.17, 15) is 24.5 Å². The molecule has 0 aliphatic rings. The van der Waals surface area contributed by atoms with Crippen molar-refractivity contribution in [3.63, 3.8) is 0 Å². The molecular weight excluding hydrogens is 292 g/mol. The number of rotatable bonds is 5. The van der Waals surface area contributed by atoms with E-state index in [0.29, 0.717) is 0 Å². The summed E-state index contributed by atoms with van der Waals surface area (Å²) in [6, 6.07) is 5.62. The van der Waals surface area contributed by atoms with Crippen LogP contribution in [0.25, 0.3) is 6.08 Å². The number of carbonyl (C=O) groups excluding carboxylic acids is 2. The van der Waals surface area contributed by atoms with Crippen molar-refractivity contribution in [1.82, 2.24) is 0 Å². The summed E-state index contributed by atoms with van der Waals surface area (Å²) in [5.74, 6) is -1.61. The maximum Gasteiger partial charge on any atom is 0.326 e. The molecule has 8 heteroatoms. The van der Waals surface area contributed by atoms with Gasteiger partial charge < -0.3 is 10.8 Å². The number of nitrogens with zero attached hydrogens (tertiary/aromatic N) is 1. The third kappa shape index (κ3) is 4.57. The topological polar surface area (TPSA) is 141 Å². The quantitative estimate of drug-likeness (QED) is 0.264. The lowest BCUT2D eigenvalue weighted by atomic mass is 10.0. The molecule has 0 spiro atoms. The second-order valence-electron chi connectivity index (χ2n) is 3.96. The zero-order chi connectivity index (χ0) is 16.7. The maximum absolute atomic E-state index is 11.8. The number of nitrogens with two attached hydrogens (primary N) is 1. The van der Waals surface area contributed by atoms with Crippen LogP contribution in [0, 0.1) is 27.9 Å². The number of carbonyl (C=O) groups is 3. The highest BCUT2D eigenvalue weighted by atomic mass is 16.6. The molecule has 0 heterocycles. The van der Waals surface area contributed by atoms with Crippen molar-refractivity contribution in [2.24, 2.45) is 11.7 Å². The number of hydrogen-bond donors (Lipinski definition) is 2. The van der Waals surface area contributed by atoms with Gasteiger partial charge in [0.1, 0.15) is 0 Å². The zero-order valence-corrected chi connectivity index (χ0v) is 11.1. The number of carboxylic acids is 1. The highest BCUT2D eigenvalue weighted by molar-refractivity contribution is 6.09. The van der Waals surface area contributed by atoms with Gasteiger partial charge in [-0.2, -0.15) is 0 Å². The summed E-state index contributed by atoms with van der Waals surface area (Å²) < 4.78 is 0. The fraction of sp³-hybridized carbons (Fsp3) is 0.0714. The first-order valence-electron chi connectivity index (χ1n) is 5.82. The van der Waals surface area contributed by atoms with Crippen LogP contribution in [0.4, 0.5) is 5.69 Å². The molecule has 1 aromatic carbocycles. The zero-order valence-electron chi connectivity index (χ0n) is 11.1. The first-order chi connectivity index (χ1) is 10.3. The van der Waals surface area contributed by atoms with Gasteiger partial charge in [-0.1, -0.05) is 18.1 Å². The number of aliphatic carboxylic acids is 1. The third-order valence-corrected chi connectivity index (χ3v) is 2.43. The summed E-state index contributed by atoms with van der Waals surface area (Å²) >= 11 is 0. The molecule has 1 rings (SSSR count). The molecule has 112 valence electrons. The number of carboxylic acid groups (broad SMARTS) is 1. The SMILES string of the molecule is NC(=O)C#CC(C(=O)O)C(=O)C=Cc1ccccc1[N+](=O)[O-]. The van der Waals surface area contributed by atoms with E-state index in [0.717, 1.165) is 12.2 Å². The van der Waals surface area contributed by atoms with Crippen molar-refractivity contribution >= 4 is 29.4 Å². The van der Waals surface area contributed by atoms with Gasteiger partial charge in [-0.25, -0.2) is 0 Å². The van der Waals surface area contributed by atoms with Gasteiger partial charge in [0.2, 0.25) is 0 Å². The molecule has 3 N–H and O–H groups in total. The minimum Gasteiger partial charge on any atom is -0.480 e. The Morgan fingerprint density at radius 3 is 2.50 bits per heavy atom. The Balaban J connectivity index is 3.05. The molecule has 1 amide bonds. The smallest absolute Gasteiger partial charge is 0.326 e. The van der Waals surface area contributed by atoms with Crippen LogP contribution in [0.1, 0.15) is 5.56 Å². The standard InChI is InChI=1S/C14H10N2O6/c15-13(18)8-6-10(14(19)20)12(17)7-5-9-3-1-2-4-11(9)16(21)22/h1-5,7,10H,(H2,15,18)(H,19,20). The lowest BCUT2D eigenvalue weighted by Gasteiger charge is -2.00. The van der Waals surface area contributed by atoms with E-state index in [1.165, 1.54) is 24.3 Å². The van der Waals surface area contributed by atoms with Crippen LogP contribution in [0.5, 0.6) is 0 Å². The number of nitro benzene ring substituents is 1. The minimum absolute atomic E-state index is 0.132. The van der Waals surface area contributed by atoms with Gasteiger partial charge in [-0.05, 0) is 24.1 Å². The first-order valence-corrected chi connectivity index (χ1v) is 5.82. The number of allylic oxidation sites excluding steroid dienone is 1.